The van der Waals surface area contributed by atoms with Crippen LogP contribution in [0.15, 0.2) is 18.5 Å². The second-order valence-electron chi connectivity index (χ2n) is 4.84. The highest BCUT2D eigenvalue weighted by atomic mass is 15.2. The second-order valence-corrected chi connectivity index (χ2v) is 4.84. The van der Waals surface area contributed by atoms with Crippen molar-refractivity contribution in [2.45, 2.75) is 45.1 Å². The van der Waals surface area contributed by atoms with Crippen LogP contribution >= 0.6 is 0 Å². The summed E-state index contributed by atoms with van der Waals surface area (Å²) in [6, 6.07) is 2.31. The highest BCUT2D eigenvalue weighted by Crippen LogP contribution is 2.33. The Balaban J connectivity index is 2.06. The van der Waals surface area contributed by atoms with E-state index < -0.39 is 0 Å². The Morgan fingerprint density at radius 1 is 1.50 bits per heavy atom. The molecule has 0 amide bonds. The number of nitrogens with one attached hydrogen (secondary N) is 1. The first-order valence-corrected chi connectivity index (χ1v) is 6.18. The van der Waals surface area contributed by atoms with Gasteiger partial charge >= 0.3 is 0 Å². The normalized spacial score (nSPS) is 18.9. The molecular weight excluding hydrogens is 198 g/mol. The second kappa shape index (κ2) is 5.41. The molecule has 3 heteroatoms. The van der Waals surface area contributed by atoms with Crippen LogP contribution in [-0.4, -0.2) is 4.98 Å². The van der Waals surface area contributed by atoms with Crippen molar-refractivity contribution < 1.29 is 0 Å². The Labute approximate surface area is 97.4 Å². The molecular formula is C13H21N3. The van der Waals surface area contributed by atoms with Gasteiger partial charge in [0.2, 0.25) is 0 Å². The predicted octanol–water partition coefficient (Wildman–Crippen LogP) is 2.47. The summed E-state index contributed by atoms with van der Waals surface area (Å²) in [5, 5.41) is 0. The molecule has 0 bridgehead atoms. The smallest absolute Gasteiger partial charge is 0.0480 e. The lowest BCUT2D eigenvalue weighted by Gasteiger charge is -2.21. The van der Waals surface area contributed by atoms with Gasteiger partial charge in [0.15, 0.2) is 0 Å². The van der Waals surface area contributed by atoms with E-state index in [2.05, 4.69) is 17.3 Å². The molecule has 0 aromatic carbocycles. The summed E-state index contributed by atoms with van der Waals surface area (Å²) in [4.78, 5) is 4.19. The summed E-state index contributed by atoms with van der Waals surface area (Å²) in [6.45, 7) is 2.12. The van der Waals surface area contributed by atoms with Crippen LogP contribution in [0.4, 0.5) is 0 Å². The predicted molar refractivity (Wildman–Crippen MR) is 65.6 cm³/mol. The quantitative estimate of drug-likeness (QED) is 0.604. The highest BCUT2D eigenvalue weighted by molar-refractivity contribution is 5.24. The minimum absolute atomic E-state index is 0.261. The molecule has 0 saturated heterocycles. The lowest BCUT2D eigenvalue weighted by molar-refractivity contribution is 0.398. The van der Waals surface area contributed by atoms with Crippen LogP contribution in [0.2, 0.25) is 0 Å². The summed E-state index contributed by atoms with van der Waals surface area (Å²) >= 11 is 0. The van der Waals surface area contributed by atoms with E-state index in [0.717, 1.165) is 12.3 Å². The van der Waals surface area contributed by atoms with E-state index in [-0.39, 0.29) is 6.04 Å². The maximum absolute atomic E-state index is 5.67. The summed E-state index contributed by atoms with van der Waals surface area (Å²) in [6.07, 6.45) is 10.4. The van der Waals surface area contributed by atoms with Crippen molar-refractivity contribution in [3.05, 3.63) is 29.6 Å². The van der Waals surface area contributed by atoms with Crippen molar-refractivity contribution in [1.29, 1.82) is 0 Å². The molecule has 1 aromatic rings. The van der Waals surface area contributed by atoms with Crippen LogP contribution in [0.5, 0.6) is 0 Å². The Morgan fingerprint density at radius 3 is 2.88 bits per heavy atom. The Hall–Kier alpha value is -0.930. The van der Waals surface area contributed by atoms with Crippen molar-refractivity contribution >= 4 is 0 Å². The van der Waals surface area contributed by atoms with Crippen molar-refractivity contribution in [3.63, 3.8) is 0 Å². The van der Waals surface area contributed by atoms with Gasteiger partial charge in [-0.05, 0) is 36.5 Å². The van der Waals surface area contributed by atoms with Gasteiger partial charge in [-0.1, -0.05) is 25.7 Å². The number of aryl methyl sites for hydroxylation is 1. The van der Waals surface area contributed by atoms with E-state index in [1.54, 1.807) is 0 Å². The Kier molecular flexibility index (Phi) is 3.91. The highest BCUT2D eigenvalue weighted by Gasteiger charge is 2.21. The first-order chi connectivity index (χ1) is 7.81. The molecule has 0 radical (unpaired) electrons. The fourth-order valence-electron chi connectivity index (χ4n) is 2.71. The maximum atomic E-state index is 5.67. The van der Waals surface area contributed by atoms with Gasteiger partial charge in [0.25, 0.3) is 0 Å². The number of hydrogen-bond acceptors (Lipinski definition) is 3. The summed E-state index contributed by atoms with van der Waals surface area (Å²) in [7, 11) is 0. The SMILES string of the molecule is Cc1ccncc1C(CC1CCCC1)NN. The van der Waals surface area contributed by atoms with Crippen LogP contribution in [0.3, 0.4) is 0 Å². The maximum Gasteiger partial charge on any atom is 0.0480 e. The van der Waals surface area contributed by atoms with E-state index >= 15 is 0 Å². The Morgan fingerprint density at radius 2 is 2.25 bits per heavy atom. The molecule has 1 fully saturated rings. The molecule has 1 aromatic heterocycles. The van der Waals surface area contributed by atoms with E-state index in [1.807, 2.05) is 18.5 Å². The summed E-state index contributed by atoms with van der Waals surface area (Å²) in [5.41, 5.74) is 5.47. The average molecular weight is 219 g/mol. The van der Waals surface area contributed by atoms with E-state index in [9.17, 15) is 0 Å². The van der Waals surface area contributed by atoms with Crippen LogP contribution < -0.4 is 11.3 Å². The molecule has 1 aliphatic rings. The number of aromatic nitrogens is 1. The first kappa shape index (κ1) is 11.6. The van der Waals surface area contributed by atoms with Crippen molar-refractivity contribution in [3.8, 4) is 0 Å². The molecule has 3 nitrogen and oxygen atoms in total. The fourth-order valence-corrected chi connectivity index (χ4v) is 2.71. The van der Waals surface area contributed by atoms with Gasteiger partial charge in [0.1, 0.15) is 0 Å². The lowest BCUT2D eigenvalue weighted by atomic mass is 9.93. The minimum Gasteiger partial charge on any atom is -0.271 e. The van der Waals surface area contributed by atoms with E-state index in [0.29, 0.717) is 0 Å². The number of hydrogen-bond donors (Lipinski definition) is 2. The molecule has 1 aliphatic carbocycles. The van der Waals surface area contributed by atoms with Gasteiger partial charge in [0, 0.05) is 18.4 Å². The van der Waals surface area contributed by atoms with Crippen LogP contribution in [0.25, 0.3) is 0 Å². The largest absolute Gasteiger partial charge is 0.271 e. The molecule has 16 heavy (non-hydrogen) atoms. The monoisotopic (exact) mass is 219 g/mol. The van der Waals surface area contributed by atoms with Crippen molar-refractivity contribution in [1.82, 2.24) is 10.4 Å². The molecule has 88 valence electrons. The van der Waals surface area contributed by atoms with Gasteiger partial charge in [-0.3, -0.25) is 16.3 Å². The number of nitrogens with two attached hydrogens (primary N) is 1. The lowest BCUT2D eigenvalue weighted by Crippen LogP contribution is -2.30. The molecule has 1 saturated carbocycles. The van der Waals surface area contributed by atoms with Crippen molar-refractivity contribution in [2.24, 2.45) is 11.8 Å². The third-order valence-corrected chi connectivity index (χ3v) is 3.70. The first-order valence-electron chi connectivity index (χ1n) is 6.18. The molecule has 2 rings (SSSR count). The number of pyridine rings is 1. The third-order valence-electron chi connectivity index (χ3n) is 3.70. The third kappa shape index (κ3) is 2.60. The zero-order valence-electron chi connectivity index (χ0n) is 9.95. The van der Waals surface area contributed by atoms with Gasteiger partial charge in [-0.2, -0.15) is 0 Å². The average Bonchev–Trinajstić information content (AvgIpc) is 2.80. The molecule has 3 N–H and O–H groups in total. The van der Waals surface area contributed by atoms with Gasteiger partial charge < -0.3 is 0 Å². The minimum atomic E-state index is 0.261. The van der Waals surface area contributed by atoms with Crippen LogP contribution in [0.1, 0.15) is 49.3 Å². The molecule has 1 heterocycles. The van der Waals surface area contributed by atoms with E-state index in [4.69, 9.17) is 5.84 Å². The summed E-state index contributed by atoms with van der Waals surface area (Å²) in [5.74, 6) is 6.51. The summed E-state index contributed by atoms with van der Waals surface area (Å²) < 4.78 is 0. The fraction of sp³-hybridized carbons (Fsp3) is 0.615. The van der Waals surface area contributed by atoms with E-state index in [1.165, 1.54) is 36.8 Å². The zero-order chi connectivity index (χ0) is 11.4. The molecule has 0 spiro atoms. The zero-order valence-corrected chi connectivity index (χ0v) is 9.95. The molecule has 0 aliphatic heterocycles. The van der Waals surface area contributed by atoms with Crippen LogP contribution in [-0.2, 0) is 0 Å². The van der Waals surface area contributed by atoms with Crippen LogP contribution in [0, 0.1) is 12.8 Å². The van der Waals surface area contributed by atoms with Crippen molar-refractivity contribution in [2.75, 3.05) is 0 Å². The van der Waals surface area contributed by atoms with Gasteiger partial charge in [0.05, 0.1) is 0 Å². The topological polar surface area (TPSA) is 50.9 Å². The standard InChI is InChI=1S/C13H21N3/c1-10-6-7-15-9-12(10)13(16-14)8-11-4-2-3-5-11/h6-7,9,11,13,16H,2-5,8,14H2,1H3. The number of hydrazine groups is 1. The number of rotatable bonds is 4. The molecule has 1 unspecified atom stereocenters. The Bertz CT molecular complexity index is 332. The van der Waals surface area contributed by atoms with Gasteiger partial charge in [-0.15, -0.1) is 0 Å². The van der Waals surface area contributed by atoms with Gasteiger partial charge in [-0.25, -0.2) is 0 Å². The number of nitrogens with zero attached hydrogens (tertiary/aromatic N) is 1. The molecule has 1 atom stereocenters.